The van der Waals surface area contributed by atoms with Crippen molar-refractivity contribution in [2.45, 2.75) is 6.42 Å². The summed E-state index contributed by atoms with van der Waals surface area (Å²) < 4.78 is 16.9. The van der Waals surface area contributed by atoms with E-state index in [9.17, 15) is 0 Å². The number of ether oxygens (including phenoxy) is 3. The Balaban J connectivity index is 0.00000261. The lowest BCUT2D eigenvalue weighted by atomic mass is 10.3. The highest BCUT2D eigenvalue weighted by atomic mass is 127. The Hall–Kier alpha value is -1.94. The minimum atomic E-state index is 0. The van der Waals surface area contributed by atoms with Gasteiger partial charge in [0.15, 0.2) is 17.5 Å². The van der Waals surface area contributed by atoms with Gasteiger partial charge in [0.1, 0.15) is 6.61 Å². The van der Waals surface area contributed by atoms with Crippen molar-refractivity contribution < 1.29 is 14.2 Å². The van der Waals surface area contributed by atoms with E-state index in [0.29, 0.717) is 43.2 Å². The fraction of sp³-hybridized carbons (Fsp3) is 0.333. The van der Waals surface area contributed by atoms with E-state index in [0.717, 1.165) is 23.6 Å². The number of halogens is 2. The molecule has 3 rings (SSSR count). The third-order valence-corrected chi connectivity index (χ3v) is 3.80. The Morgan fingerprint density at radius 2 is 2.04 bits per heavy atom. The highest BCUT2D eigenvalue weighted by molar-refractivity contribution is 14.0. The molecule has 2 heterocycles. The van der Waals surface area contributed by atoms with Crippen molar-refractivity contribution in [3.63, 3.8) is 0 Å². The first-order valence-corrected chi connectivity index (χ1v) is 8.74. The monoisotopic (exact) mass is 504 g/mol. The van der Waals surface area contributed by atoms with E-state index in [1.54, 1.807) is 25.4 Å². The van der Waals surface area contributed by atoms with Gasteiger partial charge in [-0.1, -0.05) is 11.6 Å². The van der Waals surface area contributed by atoms with E-state index >= 15 is 0 Å². The van der Waals surface area contributed by atoms with Crippen LogP contribution in [0.25, 0.3) is 0 Å². The van der Waals surface area contributed by atoms with Crippen LogP contribution < -0.4 is 24.8 Å². The first-order chi connectivity index (χ1) is 12.7. The van der Waals surface area contributed by atoms with E-state index in [1.807, 2.05) is 18.2 Å². The Labute approximate surface area is 180 Å². The molecule has 0 bridgehead atoms. The van der Waals surface area contributed by atoms with Gasteiger partial charge in [-0.15, -0.1) is 24.0 Å². The van der Waals surface area contributed by atoms with Crippen LogP contribution >= 0.6 is 35.6 Å². The Morgan fingerprint density at radius 3 is 2.78 bits per heavy atom. The number of hydrogen-bond donors (Lipinski definition) is 2. The van der Waals surface area contributed by atoms with Crippen molar-refractivity contribution in [1.82, 2.24) is 10.3 Å². The number of benzene rings is 1. The number of nitrogens with zero attached hydrogens (tertiary/aromatic N) is 2. The molecule has 1 aromatic carbocycles. The predicted octanol–water partition coefficient (Wildman–Crippen LogP) is 3.58. The summed E-state index contributed by atoms with van der Waals surface area (Å²) in [6.45, 7) is 2.33. The zero-order valence-electron chi connectivity index (χ0n) is 14.9. The number of rotatable bonds is 5. The average molecular weight is 505 g/mol. The maximum Gasteiger partial charge on any atom is 0.213 e. The first-order valence-electron chi connectivity index (χ1n) is 8.36. The quantitative estimate of drug-likeness (QED) is 0.281. The zero-order valence-corrected chi connectivity index (χ0v) is 18.0. The van der Waals surface area contributed by atoms with Gasteiger partial charge < -0.3 is 24.8 Å². The molecule has 0 unspecified atom stereocenters. The molecule has 7 nitrogen and oxygen atoms in total. The van der Waals surface area contributed by atoms with Gasteiger partial charge in [0, 0.05) is 37.5 Å². The lowest BCUT2D eigenvalue weighted by molar-refractivity contribution is 0.297. The third kappa shape index (κ3) is 6.62. The smallest absolute Gasteiger partial charge is 0.213 e. The number of hydrogen-bond acceptors (Lipinski definition) is 5. The summed E-state index contributed by atoms with van der Waals surface area (Å²) in [6, 6.07) is 9.19. The fourth-order valence-corrected chi connectivity index (χ4v) is 2.44. The minimum Gasteiger partial charge on any atom is -0.490 e. The lowest BCUT2D eigenvalue weighted by Gasteiger charge is -2.14. The number of guanidine groups is 1. The number of aliphatic imine (C=N–C) groups is 1. The molecular formula is C18H22ClIN4O3. The summed E-state index contributed by atoms with van der Waals surface area (Å²) in [5.74, 6) is 2.66. The van der Waals surface area contributed by atoms with Crippen LogP contribution in [-0.4, -0.2) is 44.4 Å². The molecule has 1 aromatic heterocycles. The molecule has 0 saturated heterocycles. The van der Waals surface area contributed by atoms with Crippen LogP contribution in [0.1, 0.15) is 6.42 Å². The summed E-state index contributed by atoms with van der Waals surface area (Å²) >= 11 is 5.79. The lowest BCUT2D eigenvalue weighted by Crippen LogP contribution is -2.33. The largest absolute Gasteiger partial charge is 0.490 e. The minimum absolute atomic E-state index is 0. The molecule has 0 amide bonds. The molecule has 9 heteroatoms. The molecule has 1 aliphatic heterocycles. The molecule has 0 radical (unpaired) electrons. The molecule has 2 N–H and O–H groups in total. The molecule has 0 fully saturated rings. The molecule has 0 spiro atoms. The Kier molecular flexibility index (Phi) is 8.73. The highest BCUT2D eigenvalue weighted by Crippen LogP contribution is 2.32. The maximum atomic E-state index is 5.79. The van der Waals surface area contributed by atoms with E-state index in [4.69, 9.17) is 25.8 Å². The molecule has 146 valence electrons. The van der Waals surface area contributed by atoms with Crippen LogP contribution in [0.15, 0.2) is 41.5 Å². The summed E-state index contributed by atoms with van der Waals surface area (Å²) in [4.78, 5) is 8.28. The van der Waals surface area contributed by atoms with Crippen molar-refractivity contribution in [1.29, 1.82) is 0 Å². The van der Waals surface area contributed by atoms with E-state index in [1.165, 1.54) is 0 Å². The number of anilines is 1. The van der Waals surface area contributed by atoms with Gasteiger partial charge in [0.25, 0.3) is 0 Å². The third-order valence-electron chi connectivity index (χ3n) is 3.58. The molecule has 0 saturated carbocycles. The Bertz CT molecular complexity index is 759. The fourth-order valence-electron chi connectivity index (χ4n) is 2.33. The van der Waals surface area contributed by atoms with Crippen LogP contribution in [0, 0.1) is 0 Å². The number of aromatic nitrogens is 1. The second-order valence-corrected chi connectivity index (χ2v) is 5.94. The van der Waals surface area contributed by atoms with E-state index in [-0.39, 0.29) is 24.0 Å². The van der Waals surface area contributed by atoms with Crippen LogP contribution in [0.3, 0.4) is 0 Å². The van der Waals surface area contributed by atoms with Crippen LogP contribution in [-0.2, 0) is 0 Å². The van der Waals surface area contributed by atoms with Gasteiger partial charge >= 0.3 is 0 Å². The summed E-state index contributed by atoms with van der Waals surface area (Å²) in [5, 5.41) is 6.98. The van der Waals surface area contributed by atoms with Gasteiger partial charge in [-0.05, 0) is 18.2 Å². The second-order valence-electron chi connectivity index (χ2n) is 5.50. The molecule has 27 heavy (non-hydrogen) atoms. The topological polar surface area (TPSA) is 77.0 Å². The van der Waals surface area contributed by atoms with Gasteiger partial charge in [0.05, 0.1) is 24.8 Å². The molecule has 1 aliphatic rings. The van der Waals surface area contributed by atoms with E-state index in [2.05, 4.69) is 20.6 Å². The van der Waals surface area contributed by atoms with Crippen molar-refractivity contribution in [2.75, 3.05) is 38.7 Å². The number of nitrogens with one attached hydrogen (secondary N) is 2. The van der Waals surface area contributed by atoms with Crippen LogP contribution in [0.2, 0.25) is 5.02 Å². The van der Waals surface area contributed by atoms with Crippen molar-refractivity contribution in [3.05, 3.63) is 41.6 Å². The van der Waals surface area contributed by atoms with Crippen molar-refractivity contribution >= 4 is 47.2 Å². The highest BCUT2D eigenvalue weighted by Gasteiger charge is 2.11. The van der Waals surface area contributed by atoms with E-state index < -0.39 is 0 Å². The van der Waals surface area contributed by atoms with Gasteiger partial charge in [0.2, 0.25) is 5.88 Å². The second kappa shape index (κ2) is 11.0. The van der Waals surface area contributed by atoms with Gasteiger partial charge in [-0.2, -0.15) is 0 Å². The van der Waals surface area contributed by atoms with Crippen LogP contribution in [0.4, 0.5) is 5.69 Å². The number of pyridine rings is 1. The summed E-state index contributed by atoms with van der Waals surface area (Å²) in [5.41, 5.74) is 0.864. The Morgan fingerprint density at radius 1 is 1.22 bits per heavy atom. The number of fused-ring (bicyclic) bond motifs is 1. The molecule has 2 aromatic rings. The van der Waals surface area contributed by atoms with Gasteiger partial charge in [-0.3, -0.25) is 4.99 Å². The average Bonchev–Trinajstić information content (AvgIpc) is 2.90. The molecule has 0 atom stereocenters. The van der Waals surface area contributed by atoms with Crippen molar-refractivity contribution in [3.8, 4) is 17.4 Å². The van der Waals surface area contributed by atoms with Crippen LogP contribution in [0.5, 0.6) is 17.4 Å². The SMILES string of the molecule is CN=C(NCCOc1ccc(Cl)cn1)Nc1ccc2c(c1)OCCCO2.I. The zero-order chi connectivity index (χ0) is 18.2. The molecular weight excluding hydrogens is 483 g/mol. The summed E-state index contributed by atoms with van der Waals surface area (Å²) in [7, 11) is 1.71. The first kappa shape index (κ1) is 21.4. The van der Waals surface area contributed by atoms with Crippen molar-refractivity contribution in [2.24, 2.45) is 4.99 Å². The predicted molar refractivity (Wildman–Crippen MR) is 117 cm³/mol. The maximum absolute atomic E-state index is 5.79. The standard InChI is InChI=1S/C18H21ClN4O3.HI/c1-20-18(21-7-10-26-17-6-3-13(19)12-22-17)23-14-4-5-15-16(11-14)25-9-2-8-24-15;/h3-6,11-12H,2,7-10H2,1H3,(H2,20,21,23);1H. The molecule has 0 aliphatic carbocycles. The normalized spacial score (nSPS) is 13.2. The summed E-state index contributed by atoms with van der Waals surface area (Å²) in [6.07, 6.45) is 2.43. The van der Waals surface area contributed by atoms with Gasteiger partial charge in [-0.25, -0.2) is 4.98 Å².